The second-order valence-corrected chi connectivity index (χ2v) is 4.41. The van der Waals surface area contributed by atoms with E-state index in [4.69, 9.17) is 5.26 Å². The minimum Gasteiger partial charge on any atom is -0.314 e. The van der Waals surface area contributed by atoms with Crippen molar-refractivity contribution in [3.05, 3.63) is 0 Å². The molecule has 3 nitrogen and oxygen atoms in total. The molecule has 0 radical (unpaired) electrons. The van der Waals surface area contributed by atoms with Crippen LogP contribution in [0.5, 0.6) is 0 Å². The van der Waals surface area contributed by atoms with Gasteiger partial charge in [-0.25, -0.2) is 0 Å². The number of nitrogens with zero attached hydrogens (tertiary/aromatic N) is 2. The number of nitriles is 1. The number of likely N-dealkylation sites (N-methyl/N-ethyl adjacent to an activating group) is 1. The SMILES string of the molecule is CN(C)C1(CNCCC#N)CCCC1. The van der Waals surface area contributed by atoms with Gasteiger partial charge in [0, 0.05) is 25.0 Å². The van der Waals surface area contributed by atoms with Gasteiger partial charge in [-0.2, -0.15) is 5.26 Å². The lowest BCUT2D eigenvalue weighted by atomic mass is 9.96. The van der Waals surface area contributed by atoms with Gasteiger partial charge < -0.3 is 10.2 Å². The summed E-state index contributed by atoms with van der Waals surface area (Å²) in [6, 6.07) is 2.16. The molecule has 14 heavy (non-hydrogen) atoms. The van der Waals surface area contributed by atoms with Crippen LogP contribution in [0.2, 0.25) is 0 Å². The summed E-state index contributed by atoms with van der Waals surface area (Å²) in [5.74, 6) is 0. The summed E-state index contributed by atoms with van der Waals surface area (Å²) < 4.78 is 0. The van der Waals surface area contributed by atoms with Crippen LogP contribution < -0.4 is 5.32 Å². The van der Waals surface area contributed by atoms with Crippen LogP contribution in [0.3, 0.4) is 0 Å². The van der Waals surface area contributed by atoms with Crippen LogP contribution in [0.4, 0.5) is 0 Å². The zero-order valence-electron chi connectivity index (χ0n) is 9.34. The molecule has 0 amide bonds. The van der Waals surface area contributed by atoms with Gasteiger partial charge in [0.15, 0.2) is 0 Å². The Morgan fingerprint density at radius 2 is 2.00 bits per heavy atom. The summed E-state index contributed by atoms with van der Waals surface area (Å²) in [7, 11) is 4.33. The van der Waals surface area contributed by atoms with Gasteiger partial charge in [-0.3, -0.25) is 0 Å². The summed E-state index contributed by atoms with van der Waals surface area (Å²) in [6.07, 6.45) is 5.89. The second-order valence-electron chi connectivity index (χ2n) is 4.41. The van der Waals surface area contributed by atoms with Crippen LogP contribution in [0.25, 0.3) is 0 Å². The molecule has 0 spiro atoms. The number of hydrogen-bond donors (Lipinski definition) is 1. The van der Waals surface area contributed by atoms with E-state index in [1.54, 1.807) is 0 Å². The van der Waals surface area contributed by atoms with E-state index in [0.717, 1.165) is 13.1 Å². The van der Waals surface area contributed by atoms with Crippen LogP contribution in [-0.4, -0.2) is 37.6 Å². The third-order valence-corrected chi connectivity index (χ3v) is 3.35. The number of hydrogen-bond acceptors (Lipinski definition) is 3. The smallest absolute Gasteiger partial charge is 0.0635 e. The molecule has 0 saturated heterocycles. The van der Waals surface area contributed by atoms with Crippen molar-refractivity contribution in [1.29, 1.82) is 5.26 Å². The molecule has 0 aromatic heterocycles. The first-order valence-electron chi connectivity index (χ1n) is 5.46. The summed E-state index contributed by atoms with van der Waals surface area (Å²) in [5.41, 5.74) is 0.357. The minimum absolute atomic E-state index is 0.357. The molecule has 1 saturated carbocycles. The second kappa shape index (κ2) is 5.33. The van der Waals surface area contributed by atoms with E-state index >= 15 is 0 Å². The van der Waals surface area contributed by atoms with Gasteiger partial charge in [-0.05, 0) is 26.9 Å². The Kier molecular flexibility index (Phi) is 4.37. The lowest BCUT2D eigenvalue weighted by Crippen LogP contribution is -2.49. The Morgan fingerprint density at radius 1 is 1.36 bits per heavy atom. The standard InChI is InChI=1S/C11H21N3/c1-14(2)11(6-3-4-7-11)10-13-9-5-8-12/h13H,3-7,9-10H2,1-2H3. The Balaban J connectivity index is 2.33. The van der Waals surface area contributed by atoms with Gasteiger partial charge in [0.1, 0.15) is 0 Å². The lowest BCUT2D eigenvalue weighted by Gasteiger charge is -2.36. The van der Waals surface area contributed by atoms with Crippen LogP contribution in [-0.2, 0) is 0 Å². The highest BCUT2D eigenvalue weighted by molar-refractivity contribution is 4.94. The highest BCUT2D eigenvalue weighted by Crippen LogP contribution is 2.32. The summed E-state index contributed by atoms with van der Waals surface area (Å²) in [4.78, 5) is 2.35. The molecule has 0 heterocycles. The topological polar surface area (TPSA) is 39.1 Å². The Labute approximate surface area is 87.1 Å². The van der Waals surface area contributed by atoms with E-state index in [1.165, 1.54) is 25.7 Å². The predicted octanol–water partition coefficient (Wildman–Crippen LogP) is 1.36. The average Bonchev–Trinajstić information content (AvgIpc) is 2.62. The van der Waals surface area contributed by atoms with Gasteiger partial charge in [0.2, 0.25) is 0 Å². The zero-order chi connectivity index (χ0) is 10.4. The van der Waals surface area contributed by atoms with Crippen LogP contribution in [0.1, 0.15) is 32.1 Å². The van der Waals surface area contributed by atoms with E-state index in [9.17, 15) is 0 Å². The van der Waals surface area contributed by atoms with Gasteiger partial charge in [-0.1, -0.05) is 12.8 Å². The molecule has 1 fully saturated rings. The molecule has 80 valence electrons. The van der Waals surface area contributed by atoms with Gasteiger partial charge in [0.25, 0.3) is 0 Å². The molecule has 0 atom stereocenters. The molecule has 3 heteroatoms. The zero-order valence-corrected chi connectivity index (χ0v) is 9.34. The average molecular weight is 195 g/mol. The van der Waals surface area contributed by atoms with Crippen molar-refractivity contribution in [2.24, 2.45) is 0 Å². The fourth-order valence-corrected chi connectivity index (χ4v) is 2.28. The van der Waals surface area contributed by atoms with Gasteiger partial charge >= 0.3 is 0 Å². The lowest BCUT2D eigenvalue weighted by molar-refractivity contribution is 0.154. The van der Waals surface area contributed by atoms with Crippen LogP contribution in [0, 0.1) is 11.3 Å². The Hall–Kier alpha value is -0.590. The van der Waals surface area contributed by atoms with E-state index in [-0.39, 0.29) is 0 Å². The molecule has 0 bridgehead atoms. The molecule has 0 unspecified atom stereocenters. The summed E-state index contributed by atoms with van der Waals surface area (Å²) in [5, 5.41) is 11.8. The predicted molar refractivity (Wildman–Crippen MR) is 58.0 cm³/mol. The van der Waals surface area contributed by atoms with E-state index in [1.807, 2.05) is 0 Å². The third-order valence-electron chi connectivity index (χ3n) is 3.35. The Bertz CT molecular complexity index is 199. The quantitative estimate of drug-likeness (QED) is 0.673. The van der Waals surface area contributed by atoms with Crippen LogP contribution in [0.15, 0.2) is 0 Å². The van der Waals surface area contributed by atoms with Crippen molar-refractivity contribution in [2.45, 2.75) is 37.6 Å². The fourth-order valence-electron chi connectivity index (χ4n) is 2.28. The molecule has 0 aliphatic heterocycles. The van der Waals surface area contributed by atoms with E-state index in [0.29, 0.717) is 12.0 Å². The molecular weight excluding hydrogens is 174 g/mol. The third kappa shape index (κ3) is 2.70. The highest BCUT2D eigenvalue weighted by atomic mass is 15.2. The molecular formula is C11H21N3. The minimum atomic E-state index is 0.357. The van der Waals surface area contributed by atoms with Crippen molar-refractivity contribution in [1.82, 2.24) is 10.2 Å². The van der Waals surface area contributed by atoms with Crippen molar-refractivity contribution >= 4 is 0 Å². The van der Waals surface area contributed by atoms with Crippen molar-refractivity contribution < 1.29 is 0 Å². The Morgan fingerprint density at radius 3 is 2.50 bits per heavy atom. The van der Waals surface area contributed by atoms with Crippen molar-refractivity contribution in [3.63, 3.8) is 0 Å². The van der Waals surface area contributed by atoms with Crippen molar-refractivity contribution in [2.75, 3.05) is 27.2 Å². The van der Waals surface area contributed by atoms with Gasteiger partial charge in [-0.15, -0.1) is 0 Å². The molecule has 1 N–H and O–H groups in total. The fraction of sp³-hybridized carbons (Fsp3) is 0.909. The monoisotopic (exact) mass is 195 g/mol. The molecule has 1 aliphatic rings. The maximum atomic E-state index is 8.43. The first kappa shape index (κ1) is 11.5. The molecule has 1 rings (SSSR count). The largest absolute Gasteiger partial charge is 0.314 e. The maximum Gasteiger partial charge on any atom is 0.0635 e. The maximum absolute atomic E-state index is 8.43. The van der Waals surface area contributed by atoms with E-state index < -0.39 is 0 Å². The summed E-state index contributed by atoms with van der Waals surface area (Å²) >= 11 is 0. The molecule has 0 aromatic rings. The van der Waals surface area contributed by atoms with E-state index in [2.05, 4.69) is 30.4 Å². The molecule has 0 aromatic carbocycles. The highest BCUT2D eigenvalue weighted by Gasteiger charge is 2.35. The van der Waals surface area contributed by atoms with Gasteiger partial charge in [0.05, 0.1) is 6.07 Å². The first-order chi connectivity index (χ1) is 6.71. The van der Waals surface area contributed by atoms with Crippen LogP contribution >= 0.6 is 0 Å². The summed E-state index contributed by atoms with van der Waals surface area (Å²) in [6.45, 7) is 1.85. The first-order valence-corrected chi connectivity index (χ1v) is 5.46. The normalized spacial score (nSPS) is 19.9. The van der Waals surface area contributed by atoms with Crippen molar-refractivity contribution in [3.8, 4) is 6.07 Å². The number of rotatable bonds is 5. The number of nitrogens with one attached hydrogen (secondary N) is 1. The molecule has 1 aliphatic carbocycles.